The molecule has 0 aliphatic heterocycles. The van der Waals surface area contributed by atoms with E-state index in [9.17, 15) is 9.18 Å². The third kappa shape index (κ3) is 2.07. The van der Waals surface area contributed by atoms with E-state index in [4.69, 9.17) is 4.74 Å². The quantitative estimate of drug-likeness (QED) is 0.735. The van der Waals surface area contributed by atoms with Crippen molar-refractivity contribution in [2.75, 3.05) is 6.61 Å². The van der Waals surface area contributed by atoms with Crippen LogP contribution < -0.4 is 4.74 Å². The van der Waals surface area contributed by atoms with E-state index in [1.165, 1.54) is 12.1 Å². The maximum atomic E-state index is 12.5. The van der Waals surface area contributed by atoms with Crippen molar-refractivity contribution in [3.63, 3.8) is 0 Å². The van der Waals surface area contributed by atoms with Crippen molar-refractivity contribution in [2.24, 2.45) is 5.92 Å². The fourth-order valence-corrected chi connectivity index (χ4v) is 1.35. The number of carbonyl (C=O) groups is 1. The molecule has 1 aliphatic carbocycles. The molecular formula is C10H10FNO2. The van der Waals surface area contributed by atoms with E-state index in [0.717, 1.165) is 6.20 Å². The number of aromatic nitrogens is 1. The van der Waals surface area contributed by atoms with E-state index in [0.29, 0.717) is 31.2 Å². The van der Waals surface area contributed by atoms with Crippen LogP contribution in [0.4, 0.5) is 4.39 Å². The van der Waals surface area contributed by atoms with Crippen LogP contribution in [-0.4, -0.2) is 17.4 Å². The summed E-state index contributed by atoms with van der Waals surface area (Å²) in [6.45, 7) is 0.490. The van der Waals surface area contributed by atoms with Crippen LogP contribution in [0.15, 0.2) is 18.3 Å². The summed E-state index contributed by atoms with van der Waals surface area (Å²) < 4.78 is 17.7. The molecule has 0 spiro atoms. The number of halogens is 1. The summed E-state index contributed by atoms with van der Waals surface area (Å²) in [6, 6.07) is 2.78. The predicted molar refractivity (Wildman–Crippen MR) is 47.4 cm³/mol. The Hall–Kier alpha value is -1.45. The average Bonchev–Trinajstić information content (AvgIpc) is 2.13. The highest BCUT2D eigenvalue weighted by molar-refractivity contribution is 5.84. The van der Waals surface area contributed by atoms with Gasteiger partial charge in [-0.25, -0.2) is 9.37 Å². The number of hydrogen-bond acceptors (Lipinski definition) is 3. The molecule has 1 aromatic heterocycles. The normalized spacial score (nSPS) is 16.5. The van der Waals surface area contributed by atoms with Crippen LogP contribution in [0.5, 0.6) is 5.88 Å². The Morgan fingerprint density at radius 1 is 1.50 bits per heavy atom. The third-order valence-corrected chi connectivity index (χ3v) is 2.20. The van der Waals surface area contributed by atoms with Crippen molar-refractivity contribution >= 4 is 5.78 Å². The topological polar surface area (TPSA) is 39.2 Å². The molecule has 1 aliphatic rings. The smallest absolute Gasteiger partial charge is 0.213 e. The molecule has 0 atom stereocenters. The number of Topliss-reactive ketones (excluding diaryl/α,β-unsaturated/α-hetero) is 1. The lowest BCUT2D eigenvalue weighted by atomic mass is 9.85. The number of nitrogens with zero attached hydrogens (tertiary/aromatic N) is 1. The molecule has 1 fully saturated rings. The Bertz CT molecular complexity index is 328. The molecular weight excluding hydrogens is 185 g/mol. The first kappa shape index (κ1) is 9.12. The molecule has 0 unspecified atom stereocenters. The predicted octanol–water partition coefficient (Wildman–Crippen LogP) is 1.58. The van der Waals surface area contributed by atoms with E-state index in [1.54, 1.807) is 0 Å². The number of pyridine rings is 1. The maximum Gasteiger partial charge on any atom is 0.213 e. The highest BCUT2D eigenvalue weighted by Gasteiger charge is 2.26. The molecule has 1 aromatic rings. The lowest BCUT2D eigenvalue weighted by molar-refractivity contribution is -0.127. The summed E-state index contributed by atoms with van der Waals surface area (Å²) in [6.07, 6.45) is 2.31. The van der Waals surface area contributed by atoms with E-state index in [1.807, 2.05) is 0 Å². The van der Waals surface area contributed by atoms with Gasteiger partial charge < -0.3 is 4.74 Å². The minimum absolute atomic E-state index is 0.283. The maximum absolute atomic E-state index is 12.5. The third-order valence-electron chi connectivity index (χ3n) is 2.20. The number of ether oxygens (including phenoxy) is 1. The average molecular weight is 195 g/mol. The molecule has 14 heavy (non-hydrogen) atoms. The zero-order valence-electron chi connectivity index (χ0n) is 7.57. The minimum atomic E-state index is -0.379. The Morgan fingerprint density at radius 3 is 2.86 bits per heavy atom. The van der Waals surface area contributed by atoms with Crippen LogP contribution in [0, 0.1) is 11.7 Å². The largest absolute Gasteiger partial charge is 0.477 e. The van der Waals surface area contributed by atoms with Gasteiger partial charge in [0.2, 0.25) is 5.88 Å². The van der Waals surface area contributed by atoms with Gasteiger partial charge in [0.25, 0.3) is 0 Å². The molecule has 1 heterocycles. The summed E-state index contributed by atoms with van der Waals surface area (Å²) in [7, 11) is 0. The van der Waals surface area contributed by atoms with Gasteiger partial charge in [0, 0.05) is 24.8 Å². The summed E-state index contributed by atoms with van der Waals surface area (Å²) in [5, 5.41) is 0. The molecule has 0 aromatic carbocycles. The molecule has 0 N–H and O–H groups in total. The number of carbonyl (C=O) groups excluding carboxylic acids is 1. The molecule has 0 radical (unpaired) electrons. The van der Waals surface area contributed by atoms with E-state index in [2.05, 4.69) is 4.98 Å². The Labute approximate surface area is 80.9 Å². The van der Waals surface area contributed by atoms with Crippen LogP contribution in [0.3, 0.4) is 0 Å². The monoisotopic (exact) mass is 195 g/mol. The summed E-state index contributed by atoms with van der Waals surface area (Å²) in [5.74, 6) is 0.627. The summed E-state index contributed by atoms with van der Waals surface area (Å²) in [4.78, 5) is 14.4. The lowest BCUT2D eigenvalue weighted by Crippen LogP contribution is -2.28. The van der Waals surface area contributed by atoms with Crippen molar-refractivity contribution in [1.82, 2.24) is 4.98 Å². The van der Waals surface area contributed by atoms with Crippen LogP contribution in [0.2, 0.25) is 0 Å². The van der Waals surface area contributed by atoms with Gasteiger partial charge in [0.05, 0.1) is 12.8 Å². The molecule has 0 bridgehead atoms. The molecule has 3 nitrogen and oxygen atoms in total. The van der Waals surface area contributed by atoms with Gasteiger partial charge in [0.1, 0.15) is 11.6 Å². The van der Waals surface area contributed by atoms with Crippen molar-refractivity contribution in [3.05, 3.63) is 24.1 Å². The van der Waals surface area contributed by atoms with Crippen LogP contribution in [0.25, 0.3) is 0 Å². The van der Waals surface area contributed by atoms with E-state index >= 15 is 0 Å². The Morgan fingerprint density at radius 2 is 2.29 bits per heavy atom. The highest BCUT2D eigenvalue weighted by atomic mass is 19.1. The van der Waals surface area contributed by atoms with Crippen LogP contribution >= 0.6 is 0 Å². The second-order valence-corrected chi connectivity index (χ2v) is 3.44. The standard InChI is InChI=1S/C10H10FNO2/c11-8-1-2-10(12-5-8)14-6-7-3-9(13)4-7/h1-2,5,7H,3-4,6H2. The summed E-state index contributed by atoms with van der Waals surface area (Å²) >= 11 is 0. The minimum Gasteiger partial charge on any atom is -0.477 e. The fraction of sp³-hybridized carbons (Fsp3) is 0.400. The van der Waals surface area contributed by atoms with E-state index < -0.39 is 0 Å². The van der Waals surface area contributed by atoms with Crippen molar-refractivity contribution in [1.29, 1.82) is 0 Å². The molecule has 2 rings (SSSR count). The Kier molecular flexibility index (Phi) is 2.43. The SMILES string of the molecule is O=C1CC(COc2ccc(F)cn2)C1. The van der Waals surface area contributed by atoms with Crippen LogP contribution in [-0.2, 0) is 4.79 Å². The van der Waals surface area contributed by atoms with Gasteiger partial charge in [-0.15, -0.1) is 0 Å². The zero-order valence-corrected chi connectivity index (χ0v) is 7.57. The second-order valence-electron chi connectivity index (χ2n) is 3.44. The zero-order chi connectivity index (χ0) is 9.97. The van der Waals surface area contributed by atoms with E-state index in [-0.39, 0.29) is 11.6 Å². The lowest BCUT2D eigenvalue weighted by Gasteiger charge is -2.23. The van der Waals surface area contributed by atoms with Crippen molar-refractivity contribution in [2.45, 2.75) is 12.8 Å². The van der Waals surface area contributed by atoms with Gasteiger partial charge in [-0.2, -0.15) is 0 Å². The van der Waals surface area contributed by atoms with Gasteiger partial charge in [-0.05, 0) is 6.07 Å². The van der Waals surface area contributed by atoms with Gasteiger partial charge in [-0.3, -0.25) is 4.79 Å². The summed E-state index contributed by atoms with van der Waals surface area (Å²) in [5.41, 5.74) is 0. The number of ketones is 1. The molecule has 0 amide bonds. The fourth-order valence-electron chi connectivity index (χ4n) is 1.35. The Balaban J connectivity index is 1.80. The van der Waals surface area contributed by atoms with Crippen LogP contribution in [0.1, 0.15) is 12.8 Å². The van der Waals surface area contributed by atoms with Crippen molar-refractivity contribution in [3.8, 4) is 5.88 Å². The molecule has 0 saturated heterocycles. The first-order valence-corrected chi connectivity index (χ1v) is 4.50. The second kappa shape index (κ2) is 3.74. The molecule has 1 saturated carbocycles. The van der Waals surface area contributed by atoms with Crippen molar-refractivity contribution < 1.29 is 13.9 Å². The number of rotatable bonds is 3. The van der Waals surface area contributed by atoms with Gasteiger partial charge >= 0.3 is 0 Å². The van der Waals surface area contributed by atoms with Gasteiger partial charge in [0.15, 0.2) is 0 Å². The molecule has 4 heteroatoms. The molecule has 74 valence electrons. The first-order chi connectivity index (χ1) is 6.74. The number of hydrogen-bond donors (Lipinski definition) is 0. The first-order valence-electron chi connectivity index (χ1n) is 4.50. The van der Waals surface area contributed by atoms with Gasteiger partial charge in [-0.1, -0.05) is 0 Å². The highest BCUT2D eigenvalue weighted by Crippen LogP contribution is 2.23.